The number of nitrogens with zero attached hydrogens (tertiary/aromatic N) is 6. The zero-order chi connectivity index (χ0) is 19.8. The maximum atomic E-state index is 12.7. The van der Waals surface area contributed by atoms with Crippen molar-refractivity contribution in [3.05, 3.63) is 66.3 Å². The lowest BCUT2D eigenvalue weighted by Crippen LogP contribution is -2.16. The van der Waals surface area contributed by atoms with E-state index in [4.69, 9.17) is 4.74 Å². The van der Waals surface area contributed by atoms with E-state index in [2.05, 4.69) is 25.5 Å². The second kappa shape index (κ2) is 7.01. The predicted octanol–water partition coefficient (Wildman–Crippen LogP) is 2.18. The summed E-state index contributed by atoms with van der Waals surface area (Å²) in [6.07, 6.45) is 7.31. The van der Waals surface area contributed by atoms with Gasteiger partial charge in [-0.3, -0.25) is 9.48 Å². The number of rotatable bonds is 6. The van der Waals surface area contributed by atoms with Gasteiger partial charge in [-0.2, -0.15) is 10.2 Å². The van der Waals surface area contributed by atoms with E-state index in [9.17, 15) is 4.79 Å². The number of aryl methyl sites for hydroxylation is 2. The van der Waals surface area contributed by atoms with Crippen molar-refractivity contribution in [3.63, 3.8) is 0 Å². The molecular weight excluding hydrogens is 370 g/mol. The first-order valence-corrected chi connectivity index (χ1v) is 9.40. The Morgan fingerprint density at radius 1 is 1.21 bits per heavy atom. The normalized spacial score (nSPS) is 15.5. The first kappa shape index (κ1) is 17.4. The van der Waals surface area contributed by atoms with Gasteiger partial charge in [0.05, 0.1) is 24.0 Å². The highest BCUT2D eigenvalue weighted by molar-refractivity contribution is 6.05. The van der Waals surface area contributed by atoms with Crippen LogP contribution in [0.5, 0.6) is 5.75 Å². The molecule has 0 saturated heterocycles. The molecule has 0 bridgehead atoms. The topological polar surface area (TPSA) is 99.2 Å². The minimum absolute atomic E-state index is 0.0808. The molecule has 1 aliphatic rings. The molecule has 1 amide bonds. The molecule has 1 unspecified atom stereocenters. The van der Waals surface area contributed by atoms with E-state index in [0.717, 1.165) is 41.0 Å². The molecule has 29 heavy (non-hydrogen) atoms. The first-order valence-electron chi connectivity index (χ1n) is 9.40. The number of carbonyl (C=O) groups excluding carboxylic acids is 1. The molecule has 0 aliphatic carbocycles. The molecule has 5 rings (SSSR count). The van der Waals surface area contributed by atoms with Gasteiger partial charge in [-0.25, -0.2) is 14.5 Å². The van der Waals surface area contributed by atoms with Crippen LogP contribution in [0.3, 0.4) is 0 Å². The quantitative estimate of drug-likeness (QED) is 0.508. The van der Waals surface area contributed by atoms with E-state index in [-0.39, 0.29) is 5.91 Å². The Kier molecular flexibility index (Phi) is 4.19. The number of benzene rings is 1. The number of para-hydroxylation sites is 1. The first-order chi connectivity index (χ1) is 14.2. The van der Waals surface area contributed by atoms with Crippen LogP contribution in [0.2, 0.25) is 0 Å². The molecule has 146 valence electrons. The van der Waals surface area contributed by atoms with E-state index in [1.54, 1.807) is 15.5 Å². The standard InChI is InChI=1S/C20H19N7O2/c1-13-16(29-8-4-7-26-12-21-10-23-26)9-27-19(13)18(22-11-24-27)17-14-5-2-3-6-15(14)25-20(17)28/h2-3,5-6,9-12,17H,4,7-8H2,1H3,(H,25,28). The summed E-state index contributed by atoms with van der Waals surface area (Å²) in [7, 11) is 0. The Labute approximate surface area is 166 Å². The van der Waals surface area contributed by atoms with Crippen molar-refractivity contribution in [1.29, 1.82) is 0 Å². The minimum atomic E-state index is -0.467. The van der Waals surface area contributed by atoms with Gasteiger partial charge in [0, 0.05) is 24.2 Å². The van der Waals surface area contributed by atoms with E-state index in [1.165, 1.54) is 12.7 Å². The van der Waals surface area contributed by atoms with E-state index >= 15 is 0 Å². The van der Waals surface area contributed by atoms with Gasteiger partial charge in [0.1, 0.15) is 30.6 Å². The maximum Gasteiger partial charge on any atom is 0.238 e. The molecule has 0 fully saturated rings. The molecule has 1 aromatic carbocycles. The van der Waals surface area contributed by atoms with Crippen LogP contribution in [0.15, 0.2) is 49.4 Å². The molecular formula is C20H19N7O2. The summed E-state index contributed by atoms with van der Waals surface area (Å²) in [6.45, 7) is 3.23. The zero-order valence-corrected chi connectivity index (χ0v) is 15.8. The molecule has 1 atom stereocenters. The van der Waals surface area contributed by atoms with Crippen LogP contribution in [-0.2, 0) is 11.3 Å². The van der Waals surface area contributed by atoms with Gasteiger partial charge in [-0.1, -0.05) is 18.2 Å². The van der Waals surface area contributed by atoms with Crippen LogP contribution >= 0.6 is 0 Å². The summed E-state index contributed by atoms with van der Waals surface area (Å²) >= 11 is 0. The summed E-state index contributed by atoms with van der Waals surface area (Å²) in [5.41, 5.74) is 4.15. The van der Waals surface area contributed by atoms with Crippen LogP contribution in [-0.4, -0.2) is 41.9 Å². The number of anilines is 1. The lowest BCUT2D eigenvalue weighted by atomic mass is 9.95. The number of amides is 1. The van der Waals surface area contributed by atoms with Crippen LogP contribution in [0, 0.1) is 6.92 Å². The van der Waals surface area contributed by atoms with Crippen molar-refractivity contribution in [2.24, 2.45) is 0 Å². The largest absolute Gasteiger partial charge is 0.492 e. The third-order valence-corrected chi connectivity index (χ3v) is 5.13. The lowest BCUT2D eigenvalue weighted by molar-refractivity contribution is -0.116. The van der Waals surface area contributed by atoms with Crippen molar-refractivity contribution >= 4 is 17.1 Å². The fraction of sp³-hybridized carbons (Fsp3) is 0.250. The molecule has 0 spiro atoms. The average molecular weight is 389 g/mol. The highest BCUT2D eigenvalue weighted by atomic mass is 16.5. The third kappa shape index (κ3) is 3.00. The van der Waals surface area contributed by atoms with E-state index < -0.39 is 5.92 Å². The number of nitrogens with one attached hydrogen (secondary N) is 1. The Hall–Kier alpha value is -3.75. The number of aromatic nitrogens is 6. The van der Waals surface area contributed by atoms with Crippen molar-refractivity contribution < 1.29 is 9.53 Å². The fourth-order valence-electron chi connectivity index (χ4n) is 3.76. The number of carbonyl (C=O) groups is 1. The van der Waals surface area contributed by atoms with Gasteiger partial charge in [-0.05, 0) is 18.6 Å². The van der Waals surface area contributed by atoms with Gasteiger partial charge in [0.15, 0.2) is 0 Å². The SMILES string of the molecule is Cc1c(OCCCn2cncn2)cn2ncnc(C3C(=O)Nc4ccccc43)c12. The van der Waals surface area contributed by atoms with E-state index in [1.807, 2.05) is 37.4 Å². The summed E-state index contributed by atoms with van der Waals surface area (Å²) in [6, 6.07) is 7.70. The van der Waals surface area contributed by atoms with Crippen LogP contribution in [0.1, 0.15) is 29.2 Å². The average Bonchev–Trinajstić information content (AvgIpc) is 3.43. The van der Waals surface area contributed by atoms with Crippen LogP contribution in [0.25, 0.3) is 5.52 Å². The second-order valence-corrected chi connectivity index (χ2v) is 6.93. The van der Waals surface area contributed by atoms with Gasteiger partial charge in [-0.15, -0.1) is 0 Å². The Bertz CT molecular complexity index is 1180. The zero-order valence-electron chi connectivity index (χ0n) is 15.8. The van der Waals surface area contributed by atoms with Gasteiger partial charge >= 0.3 is 0 Å². The molecule has 1 aliphatic heterocycles. The van der Waals surface area contributed by atoms with Crippen molar-refractivity contribution in [2.45, 2.75) is 25.8 Å². The summed E-state index contributed by atoms with van der Waals surface area (Å²) in [4.78, 5) is 21.1. The number of ether oxygens (including phenoxy) is 1. The molecule has 4 aromatic rings. The molecule has 9 nitrogen and oxygen atoms in total. The molecule has 3 aromatic heterocycles. The van der Waals surface area contributed by atoms with Crippen LogP contribution in [0.4, 0.5) is 5.69 Å². The van der Waals surface area contributed by atoms with Gasteiger partial charge in [0.25, 0.3) is 0 Å². The van der Waals surface area contributed by atoms with Crippen molar-refractivity contribution in [1.82, 2.24) is 29.4 Å². The van der Waals surface area contributed by atoms with E-state index in [0.29, 0.717) is 12.3 Å². The Balaban J connectivity index is 1.43. The molecule has 9 heteroatoms. The lowest BCUT2D eigenvalue weighted by Gasteiger charge is -2.10. The van der Waals surface area contributed by atoms with Gasteiger partial charge < -0.3 is 10.1 Å². The Morgan fingerprint density at radius 2 is 2.10 bits per heavy atom. The highest BCUT2D eigenvalue weighted by Crippen LogP contribution is 2.39. The molecule has 4 heterocycles. The molecule has 1 N–H and O–H groups in total. The third-order valence-electron chi connectivity index (χ3n) is 5.13. The summed E-state index contributed by atoms with van der Waals surface area (Å²) < 4.78 is 9.49. The summed E-state index contributed by atoms with van der Waals surface area (Å²) in [5.74, 6) is 0.185. The van der Waals surface area contributed by atoms with Gasteiger partial charge in [0.2, 0.25) is 5.91 Å². The number of fused-ring (bicyclic) bond motifs is 2. The summed E-state index contributed by atoms with van der Waals surface area (Å²) in [5, 5.41) is 11.3. The second-order valence-electron chi connectivity index (χ2n) is 6.93. The highest BCUT2D eigenvalue weighted by Gasteiger charge is 2.35. The number of hydrogen-bond donors (Lipinski definition) is 1. The molecule has 0 saturated carbocycles. The Morgan fingerprint density at radius 3 is 2.97 bits per heavy atom. The van der Waals surface area contributed by atoms with Crippen LogP contribution < -0.4 is 10.1 Å². The number of hydrogen-bond acceptors (Lipinski definition) is 6. The smallest absolute Gasteiger partial charge is 0.238 e. The van der Waals surface area contributed by atoms with Crippen molar-refractivity contribution in [2.75, 3.05) is 11.9 Å². The fourth-order valence-corrected chi connectivity index (χ4v) is 3.76. The molecule has 0 radical (unpaired) electrons. The maximum absolute atomic E-state index is 12.7. The minimum Gasteiger partial charge on any atom is -0.492 e. The van der Waals surface area contributed by atoms with Crippen molar-refractivity contribution in [3.8, 4) is 5.75 Å². The monoisotopic (exact) mass is 389 g/mol. The predicted molar refractivity (Wildman–Crippen MR) is 105 cm³/mol.